The van der Waals surface area contributed by atoms with E-state index in [1.807, 2.05) is 43.0 Å². The molecule has 4 rings (SSSR count). The van der Waals surface area contributed by atoms with Crippen LogP contribution in [0.5, 0.6) is 0 Å². The molecule has 3 heterocycles. The third-order valence-corrected chi connectivity index (χ3v) is 6.47. The van der Waals surface area contributed by atoms with Crippen LogP contribution in [0.4, 0.5) is 0 Å². The number of hydrogen-bond acceptors (Lipinski definition) is 5. The Hall–Kier alpha value is -1.50. The molecule has 1 aromatic heterocycles. The predicted octanol–water partition coefficient (Wildman–Crippen LogP) is 2.68. The number of benzene rings is 1. The number of aryl methyl sites for hydroxylation is 1. The highest BCUT2D eigenvalue weighted by Crippen LogP contribution is 2.33. The van der Waals surface area contributed by atoms with Crippen LogP contribution in [0.1, 0.15) is 22.5 Å². The van der Waals surface area contributed by atoms with Crippen molar-refractivity contribution in [1.82, 2.24) is 10.2 Å². The zero-order valence-electron chi connectivity index (χ0n) is 14.5. The Morgan fingerprint density at radius 2 is 2.16 bits per heavy atom. The molecule has 1 atom stereocenters. The zero-order valence-corrected chi connectivity index (χ0v) is 15.4. The minimum absolute atomic E-state index is 0.0483. The maximum atomic E-state index is 12.6. The van der Waals surface area contributed by atoms with Crippen molar-refractivity contribution in [3.05, 3.63) is 35.6 Å². The van der Waals surface area contributed by atoms with E-state index in [2.05, 4.69) is 10.2 Å². The summed E-state index contributed by atoms with van der Waals surface area (Å²) in [5.41, 5.74) is 1.97. The lowest BCUT2D eigenvalue weighted by molar-refractivity contribution is -0.0129. The van der Waals surface area contributed by atoms with E-state index in [-0.39, 0.29) is 11.4 Å². The number of nitrogens with one attached hydrogen (secondary N) is 1. The fraction of sp³-hybridized carbons (Fsp3) is 0.526. The molecule has 0 bridgehead atoms. The van der Waals surface area contributed by atoms with Gasteiger partial charge in [0.2, 0.25) is 0 Å². The number of nitrogens with zero attached hydrogens (tertiary/aromatic N) is 1. The van der Waals surface area contributed by atoms with Crippen LogP contribution in [0.3, 0.4) is 0 Å². The SMILES string of the molecule is Cc1ccc2oc(C(=O)NCC3(N4CCOCC4)CCSC3)cc2c1. The molecule has 1 amide bonds. The first-order valence-corrected chi connectivity index (χ1v) is 10.0. The van der Waals surface area contributed by atoms with Crippen LogP contribution >= 0.6 is 11.8 Å². The van der Waals surface area contributed by atoms with Crippen molar-refractivity contribution in [3.63, 3.8) is 0 Å². The van der Waals surface area contributed by atoms with Gasteiger partial charge in [0.15, 0.2) is 5.76 Å². The first kappa shape index (κ1) is 16.9. The van der Waals surface area contributed by atoms with Gasteiger partial charge in [-0.15, -0.1) is 0 Å². The molecule has 2 fully saturated rings. The van der Waals surface area contributed by atoms with E-state index in [4.69, 9.17) is 9.15 Å². The number of thioether (sulfide) groups is 1. The highest BCUT2D eigenvalue weighted by molar-refractivity contribution is 7.99. The molecule has 1 unspecified atom stereocenters. The van der Waals surface area contributed by atoms with Crippen molar-refractivity contribution in [1.29, 1.82) is 0 Å². The second-order valence-electron chi connectivity index (χ2n) is 6.96. The lowest BCUT2D eigenvalue weighted by Gasteiger charge is -2.42. The summed E-state index contributed by atoms with van der Waals surface area (Å²) in [5, 5.41) is 4.10. The molecule has 25 heavy (non-hydrogen) atoms. The maximum absolute atomic E-state index is 12.6. The van der Waals surface area contributed by atoms with Crippen molar-refractivity contribution in [2.45, 2.75) is 18.9 Å². The number of fused-ring (bicyclic) bond motifs is 1. The summed E-state index contributed by atoms with van der Waals surface area (Å²) in [6, 6.07) is 7.79. The number of morpholine rings is 1. The molecule has 0 saturated carbocycles. The number of amides is 1. The molecule has 2 aliphatic heterocycles. The van der Waals surface area contributed by atoms with Crippen molar-refractivity contribution in [2.75, 3.05) is 44.4 Å². The maximum Gasteiger partial charge on any atom is 0.287 e. The Morgan fingerprint density at radius 1 is 1.32 bits per heavy atom. The fourth-order valence-corrected chi connectivity index (χ4v) is 5.22. The van der Waals surface area contributed by atoms with E-state index in [1.54, 1.807) is 0 Å². The van der Waals surface area contributed by atoms with Crippen LogP contribution in [0, 0.1) is 6.92 Å². The minimum atomic E-state index is -0.126. The molecule has 2 aliphatic rings. The smallest absolute Gasteiger partial charge is 0.287 e. The van der Waals surface area contributed by atoms with E-state index in [9.17, 15) is 4.79 Å². The summed E-state index contributed by atoms with van der Waals surface area (Å²) >= 11 is 1.97. The van der Waals surface area contributed by atoms with E-state index in [0.29, 0.717) is 12.3 Å². The average molecular weight is 360 g/mol. The van der Waals surface area contributed by atoms with E-state index >= 15 is 0 Å². The Kier molecular flexibility index (Phi) is 4.75. The van der Waals surface area contributed by atoms with Gasteiger partial charge in [-0.2, -0.15) is 11.8 Å². The third-order valence-electron chi connectivity index (χ3n) is 5.24. The van der Waals surface area contributed by atoms with Gasteiger partial charge < -0.3 is 14.5 Å². The van der Waals surface area contributed by atoms with Gasteiger partial charge in [0.05, 0.1) is 13.2 Å². The predicted molar refractivity (Wildman–Crippen MR) is 100 cm³/mol. The summed E-state index contributed by atoms with van der Waals surface area (Å²) in [4.78, 5) is 15.1. The molecule has 0 radical (unpaired) electrons. The molecule has 2 saturated heterocycles. The van der Waals surface area contributed by atoms with Gasteiger partial charge in [-0.1, -0.05) is 11.6 Å². The monoisotopic (exact) mass is 360 g/mol. The Morgan fingerprint density at radius 3 is 2.92 bits per heavy atom. The molecule has 0 spiro atoms. The topological polar surface area (TPSA) is 54.7 Å². The van der Waals surface area contributed by atoms with Crippen molar-refractivity contribution in [2.24, 2.45) is 0 Å². The Balaban J connectivity index is 1.47. The minimum Gasteiger partial charge on any atom is -0.451 e. The summed E-state index contributed by atoms with van der Waals surface area (Å²) in [7, 11) is 0. The molecule has 134 valence electrons. The van der Waals surface area contributed by atoms with E-state index in [0.717, 1.165) is 60.8 Å². The first-order chi connectivity index (χ1) is 12.2. The highest BCUT2D eigenvalue weighted by Gasteiger charge is 2.41. The van der Waals surface area contributed by atoms with Crippen molar-refractivity contribution < 1.29 is 13.9 Å². The molecule has 6 heteroatoms. The van der Waals surface area contributed by atoms with Crippen LogP contribution in [0.2, 0.25) is 0 Å². The number of hydrogen-bond donors (Lipinski definition) is 1. The standard InChI is InChI=1S/C19H24N2O3S/c1-14-2-3-16-15(10-14)11-17(24-16)18(22)20-12-19(4-9-25-13-19)21-5-7-23-8-6-21/h2-3,10-11H,4-9,12-13H2,1H3,(H,20,22). The van der Waals surface area contributed by atoms with Crippen LogP contribution in [-0.4, -0.2) is 60.7 Å². The molecule has 1 aromatic carbocycles. The van der Waals surface area contributed by atoms with Gasteiger partial charge in [-0.3, -0.25) is 9.69 Å². The normalized spacial score (nSPS) is 24.7. The van der Waals surface area contributed by atoms with Crippen LogP contribution < -0.4 is 5.32 Å². The number of rotatable bonds is 4. The first-order valence-electron chi connectivity index (χ1n) is 8.85. The second-order valence-corrected chi connectivity index (χ2v) is 8.07. The number of ether oxygens (including phenoxy) is 1. The van der Waals surface area contributed by atoms with E-state index < -0.39 is 0 Å². The van der Waals surface area contributed by atoms with Gasteiger partial charge in [0, 0.05) is 36.3 Å². The second kappa shape index (κ2) is 7.02. The van der Waals surface area contributed by atoms with Gasteiger partial charge >= 0.3 is 0 Å². The highest BCUT2D eigenvalue weighted by atomic mass is 32.2. The van der Waals surface area contributed by atoms with Gasteiger partial charge in [0.25, 0.3) is 5.91 Å². The lowest BCUT2D eigenvalue weighted by Crippen LogP contribution is -2.59. The van der Waals surface area contributed by atoms with E-state index in [1.165, 1.54) is 0 Å². The number of carbonyl (C=O) groups excluding carboxylic acids is 1. The lowest BCUT2D eigenvalue weighted by atomic mass is 9.95. The zero-order chi connectivity index (χ0) is 17.3. The molecule has 5 nitrogen and oxygen atoms in total. The summed E-state index contributed by atoms with van der Waals surface area (Å²) in [6.45, 7) is 6.15. The number of carbonyl (C=O) groups is 1. The van der Waals surface area contributed by atoms with Crippen LogP contribution in [0.25, 0.3) is 11.0 Å². The van der Waals surface area contributed by atoms with Gasteiger partial charge in [0.1, 0.15) is 5.58 Å². The quantitative estimate of drug-likeness (QED) is 0.908. The summed E-state index contributed by atoms with van der Waals surface area (Å²) < 4.78 is 11.2. The third kappa shape index (κ3) is 3.43. The average Bonchev–Trinajstić information content (AvgIpc) is 3.28. The Bertz CT molecular complexity index is 761. The van der Waals surface area contributed by atoms with Crippen molar-refractivity contribution in [3.8, 4) is 0 Å². The van der Waals surface area contributed by atoms with Gasteiger partial charge in [-0.25, -0.2) is 0 Å². The molecule has 0 aliphatic carbocycles. The number of furan rings is 1. The summed E-state index contributed by atoms with van der Waals surface area (Å²) in [5.74, 6) is 2.48. The Labute approximate surface area is 152 Å². The van der Waals surface area contributed by atoms with Crippen LogP contribution in [0.15, 0.2) is 28.7 Å². The van der Waals surface area contributed by atoms with Crippen LogP contribution in [-0.2, 0) is 4.74 Å². The summed E-state index contributed by atoms with van der Waals surface area (Å²) in [6.07, 6.45) is 1.11. The van der Waals surface area contributed by atoms with Crippen molar-refractivity contribution >= 4 is 28.6 Å². The molecule has 1 N–H and O–H groups in total. The molecular formula is C19H24N2O3S. The fourth-order valence-electron chi connectivity index (χ4n) is 3.74. The van der Waals surface area contributed by atoms with Gasteiger partial charge in [-0.05, 0) is 37.3 Å². The molecular weight excluding hydrogens is 336 g/mol. The largest absolute Gasteiger partial charge is 0.451 e. The molecule has 2 aromatic rings.